The van der Waals surface area contributed by atoms with Gasteiger partial charge in [0.25, 0.3) is 0 Å². The summed E-state index contributed by atoms with van der Waals surface area (Å²) in [5.41, 5.74) is 0.224. The lowest BCUT2D eigenvalue weighted by atomic mass is 9.70. The van der Waals surface area contributed by atoms with Crippen LogP contribution in [0, 0.1) is 11.8 Å². The fourth-order valence-corrected chi connectivity index (χ4v) is 2.77. The molecule has 1 aliphatic carbocycles. The van der Waals surface area contributed by atoms with Crippen LogP contribution in [0.3, 0.4) is 0 Å². The van der Waals surface area contributed by atoms with E-state index in [-0.39, 0.29) is 5.54 Å². The third-order valence-electron chi connectivity index (χ3n) is 3.95. The molecule has 2 nitrogen and oxygen atoms in total. The first-order valence-corrected chi connectivity index (χ1v) is 5.93. The van der Waals surface area contributed by atoms with Crippen LogP contribution in [0.4, 0.5) is 0 Å². The molecule has 0 heterocycles. The summed E-state index contributed by atoms with van der Waals surface area (Å²) >= 11 is 0. The van der Waals surface area contributed by atoms with Crippen LogP contribution < -0.4 is 5.32 Å². The van der Waals surface area contributed by atoms with Gasteiger partial charge in [0, 0.05) is 12.1 Å². The van der Waals surface area contributed by atoms with Crippen molar-refractivity contribution in [3.8, 4) is 0 Å². The number of aliphatic hydroxyl groups is 1. The Kier molecular flexibility index (Phi) is 4.39. The summed E-state index contributed by atoms with van der Waals surface area (Å²) in [5.74, 6) is 1.62. The van der Waals surface area contributed by atoms with Gasteiger partial charge < -0.3 is 10.4 Å². The summed E-state index contributed by atoms with van der Waals surface area (Å²) < 4.78 is 0. The number of rotatable bonds is 4. The highest BCUT2D eigenvalue weighted by atomic mass is 16.3. The molecule has 0 aromatic heterocycles. The lowest BCUT2D eigenvalue weighted by Gasteiger charge is -2.42. The van der Waals surface area contributed by atoms with Gasteiger partial charge in [-0.2, -0.15) is 0 Å². The highest BCUT2D eigenvalue weighted by Crippen LogP contribution is 2.37. The van der Waals surface area contributed by atoms with Gasteiger partial charge in [0.05, 0.1) is 0 Å². The van der Waals surface area contributed by atoms with Crippen LogP contribution in [0.2, 0.25) is 0 Å². The standard InChI is InChI=1S/C12H25NO/c1-10(2)11-5-4-6-12(9-11,13-3)7-8-14/h10-11,13-14H,4-9H2,1-3H3. The van der Waals surface area contributed by atoms with Crippen LogP contribution in [0.25, 0.3) is 0 Å². The zero-order chi connectivity index (χ0) is 10.6. The summed E-state index contributed by atoms with van der Waals surface area (Å²) in [6.45, 7) is 4.94. The van der Waals surface area contributed by atoms with E-state index in [1.54, 1.807) is 0 Å². The van der Waals surface area contributed by atoms with E-state index in [9.17, 15) is 0 Å². The van der Waals surface area contributed by atoms with Gasteiger partial charge in [0.2, 0.25) is 0 Å². The molecular formula is C12H25NO. The first-order chi connectivity index (χ1) is 6.63. The maximum atomic E-state index is 9.10. The Hall–Kier alpha value is -0.0800. The lowest BCUT2D eigenvalue weighted by molar-refractivity contribution is 0.121. The molecule has 0 amide bonds. The molecule has 2 heteroatoms. The van der Waals surface area contributed by atoms with Crippen molar-refractivity contribution in [3.05, 3.63) is 0 Å². The molecule has 0 aromatic rings. The summed E-state index contributed by atoms with van der Waals surface area (Å²) in [6.07, 6.45) is 6.05. The Morgan fingerprint density at radius 3 is 2.71 bits per heavy atom. The minimum atomic E-state index is 0.224. The predicted octanol–water partition coefficient (Wildman–Crippen LogP) is 2.17. The third kappa shape index (κ3) is 2.71. The predicted molar refractivity (Wildman–Crippen MR) is 60.3 cm³/mol. The monoisotopic (exact) mass is 199 g/mol. The van der Waals surface area contributed by atoms with Crippen molar-refractivity contribution >= 4 is 0 Å². The summed E-state index contributed by atoms with van der Waals surface area (Å²) in [4.78, 5) is 0. The molecule has 1 saturated carbocycles. The fourth-order valence-electron chi connectivity index (χ4n) is 2.77. The Balaban J connectivity index is 2.59. The third-order valence-corrected chi connectivity index (χ3v) is 3.95. The van der Waals surface area contributed by atoms with Crippen LogP contribution in [-0.2, 0) is 0 Å². The van der Waals surface area contributed by atoms with Gasteiger partial charge in [-0.15, -0.1) is 0 Å². The van der Waals surface area contributed by atoms with E-state index in [0.717, 1.165) is 18.3 Å². The molecular weight excluding hydrogens is 174 g/mol. The second-order valence-corrected chi connectivity index (χ2v) is 5.10. The summed E-state index contributed by atoms with van der Waals surface area (Å²) in [6, 6.07) is 0. The van der Waals surface area contributed by atoms with Gasteiger partial charge in [-0.25, -0.2) is 0 Å². The van der Waals surface area contributed by atoms with E-state index < -0.39 is 0 Å². The Labute approximate surface area is 88.1 Å². The van der Waals surface area contributed by atoms with Gasteiger partial charge in [0.1, 0.15) is 0 Å². The van der Waals surface area contributed by atoms with Crippen LogP contribution >= 0.6 is 0 Å². The topological polar surface area (TPSA) is 32.3 Å². The summed E-state index contributed by atoms with van der Waals surface area (Å²) in [5, 5.41) is 12.5. The van der Waals surface area contributed by atoms with Crippen molar-refractivity contribution in [2.24, 2.45) is 11.8 Å². The van der Waals surface area contributed by atoms with Crippen molar-refractivity contribution in [2.45, 2.75) is 51.5 Å². The van der Waals surface area contributed by atoms with E-state index in [1.807, 2.05) is 7.05 Å². The van der Waals surface area contributed by atoms with Crippen molar-refractivity contribution in [1.29, 1.82) is 0 Å². The van der Waals surface area contributed by atoms with E-state index in [2.05, 4.69) is 19.2 Å². The van der Waals surface area contributed by atoms with E-state index in [1.165, 1.54) is 25.7 Å². The Morgan fingerprint density at radius 2 is 2.21 bits per heavy atom. The number of nitrogens with one attached hydrogen (secondary N) is 1. The van der Waals surface area contributed by atoms with Crippen molar-refractivity contribution < 1.29 is 5.11 Å². The molecule has 2 unspecified atom stereocenters. The van der Waals surface area contributed by atoms with E-state index in [4.69, 9.17) is 5.11 Å². The van der Waals surface area contributed by atoms with Crippen LogP contribution in [0.15, 0.2) is 0 Å². The first kappa shape index (κ1) is 12.0. The zero-order valence-electron chi connectivity index (χ0n) is 9.84. The van der Waals surface area contributed by atoms with Crippen molar-refractivity contribution in [3.63, 3.8) is 0 Å². The number of aliphatic hydroxyl groups excluding tert-OH is 1. The minimum absolute atomic E-state index is 0.224. The molecule has 14 heavy (non-hydrogen) atoms. The molecule has 1 aliphatic rings. The average Bonchev–Trinajstić information content (AvgIpc) is 2.18. The molecule has 84 valence electrons. The Morgan fingerprint density at radius 1 is 1.50 bits per heavy atom. The van der Waals surface area contributed by atoms with Crippen LogP contribution in [0.5, 0.6) is 0 Å². The quantitative estimate of drug-likeness (QED) is 0.727. The molecule has 0 bridgehead atoms. The molecule has 0 radical (unpaired) electrons. The molecule has 1 fully saturated rings. The molecule has 0 saturated heterocycles. The van der Waals surface area contributed by atoms with Crippen LogP contribution in [0.1, 0.15) is 46.0 Å². The lowest BCUT2D eigenvalue weighted by Crippen LogP contribution is -2.48. The van der Waals surface area contributed by atoms with Crippen molar-refractivity contribution in [2.75, 3.05) is 13.7 Å². The first-order valence-electron chi connectivity index (χ1n) is 5.93. The van der Waals surface area contributed by atoms with Gasteiger partial charge in [-0.1, -0.05) is 26.7 Å². The largest absolute Gasteiger partial charge is 0.396 e. The number of hydrogen-bond donors (Lipinski definition) is 2. The summed E-state index contributed by atoms with van der Waals surface area (Å²) in [7, 11) is 2.04. The molecule has 0 aromatic carbocycles. The Bertz CT molecular complexity index is 166. The second kappa shape index (κ2) is 5.13. The van der Waals surface area contributed by atoms with Gasteiger partial charge in [-0.3, -0.25) is 0 Å². The fraction of sp³-hybridized carbons (Fsp3) is 1.00. The van der Waals surface area contributed by atoms with Gasteiger partial charge >= 0.3 is 0 Å². The number of hydrogen-bond acceptors (Lipinski definition) is 2. The van der Waals surface area contributed by atoms with E-state index in [0.29, 0.717) is 6.61 Å². The SMILES string of the molecule is CNC1(CCO)CCCC(C(C)C)C1. The molecule has 1 rings (SSSR count). The smallest absolute Gasteiger partial charge is 0.0448 e. The van der Waals surface area contributed by atoms with Gasteiger partial charge in [0.15, 0.2) is 0 Å². The van der Waals surface area contributed by atoms with Crippen molar-refractivity contribution in [1.82, 2.24) is 5.32 Å². The zero-order valence-corrected chi connectivity index (χ0v) is 9.84. The average molecular weight is 199 g/mol. The highest BCUT2D eigenvalue weighted by Gasteiger charge is 2.35. The van der Waals surface area contributed by atoms with Crippen LogP contribution in [-0.4, -0.2) is 24.3 Å². The molecule has 2 atom stereocenters. The van der Waals surface area contributed by atoms with E-state index >= 15 is 0 Å². The van der Waals surface area contributed by atoms with Gasteiger partial charge in [-0.05, 0) is 38.1 Å². The maximum absolute atomic E-state index is 9.10. The molecule has 0 aliphatic heterocycles. The normalized spacial score (nSPS) is 33.6. The second-order valence-electron chi connectivity index (χ2n) is 5.10. The maximum Gasteiger partial charge on any atom is 0.0448 e. The molecule has 0 spiro atoms. The highest BCUT2D eigenvalue weighted by molar-refractivity contribution is 4.93. The molecule has 2 N–H and O–H groups in total. The minimum Gasteiger partial charge on any atom is -0.396 e.